The highest BCUT2D eigenvalue weighted by atomic mass is 16.4. The van der Waals surface area contributed by atoms with E-state index in [9.17, 15) is 4.79 Å². The summed E-state index contributed by atoms with van der Waals surface area (Å²) in [6.07, 6.45) is 0.815. The number of rotatable bonds is 6. The van der Waals surface area contributed by atoms with Crippen LogP contribution >= 0.6 is 0 Å². The van der Waals surface area contributed by atoms with Crippen LogP contribution in [0.4, 0.5) is 11.4 Å². The van der Waals surface area contributed by atoms with Crippen molar-refractivity contribution in [1.82, 2.24) is 0 Å². The summed E-state index contributed by atoms with van der Waals surface area (Å²) < 4.78 is 0. The minimum atomic E-state index is -0.750. The van der Waals surface area contributed by atoms with E-state index in [-0.39, 0.29) is 12.5 Å². The summed E-state index contributed by atoms with van der Waals surface area (Å²) in [7, 11) is 3.98. The van der Waals surface area contributed by atoms with Crippen molar-refractivity contribution in [3.05, 3.63) is 24.3 Å². The Labute approximate surface area is 102 Å². The van der Waals surface area contributed by atoms with Crippen LogP contribution in [0.25, 0.3) is 0 Å². The van der Waals surface area contributed by atoms with Crippen LogP contribution in [-0.2, 0) is 4.79 Å². The molecule has 2 N–H and O–H groups in total. The molecule has 1 aromatic carbocycles. The zero-order valence-corrected chi connectivity index (χ0v) is 10.6. The lowest BCUT2D eigenvalue weighted by atomic mass is 10.1. The van der Waals surface area contributed by atoms with Crippen LogP contribution in [0.2, 0.25) is 0 Å². The van der Waals surface area contributed by atoms with E-state index in [1.807, 2.05) is 50.2 Å². The molecule has 4 nitrogen and oxygen atoms in total. The van der Waals surface area contributed by atoms with Gasteiger partial charge in [-0.3, -0.25) is 4.79 Å². The summed E-state index contributed by atoms with van der Waals surface area (Å²) in [6, 6.07) is 8.15. The lowest BCUT2D eigenvalue weighted by Gasteiger charge is -2.21. The molecule has 1 aromatic rings. The first kappa shape index (κ1) is 13.4. The van der Waals surface area contributed by atoms with Gasteiger partial charge in [-0.2, -0.15) is 0 Å². The van der Waals surface area contributed by atoms with Gasteiger partial charge in [-0.05, 0) is 25.5 Å². The maximum absolute atomic E-state index is 10.5. The zero-order valence-electron chi connectivity index (χ0n) is 10.6. The molecule has 0 heterocycles. The fourth-order valence-electron chi connectivity index (χ4n) is 1.66. The number of carboxylic acids is 1. The number of nitrogens with one attached hydrogen (secondary N) is 1. The van der Waals surface area contributed by atoms with Gasteiger partial charge in [0.15, 0.2) is 0 Å². The second-order valence-corrected chi connectivity index (χ2v) is 4.39. The summed E-state index contributed by atoms with van der Waals surface area (Å²) in [4.78, 5) is 12.5. The average molecular weight is 236 g/mol. The van der Waals surface area contributed by atoms with Crippen LogP contribution in [0.15, 0.2) is 24.3 Å². The molecule has 0 aliphatic carbocycles. The number of benzene rings is 1. The van der Waals surface area contributed by atoms with Gasteiger partial charge in [-0.1, -0.05) is 12.1 Å². The van der Waals surface area contributed by atoms with Crippen LogP contribution in [-0.4, -0.2) is 31.2 Å². The third-order valence-electron chi connectivity index (χ3n) is 2.58. The highest BCUT2D eigenvalue weighted by Crippen LogP contribution is 2.24. The molecular formula is C13H20N2O2. The summed E-state index contributed by atoms with van der Waals surface area (Å²) in [5.41, 5.74) is 2.14. The quantitative estimate of drug-likeness (QED) is 0.796. The van der Waals surface area contributed by atoms with E-state index in [0.29, 0.717) is 6.42 Å². The van der Waals surface area contributed by atoms with Crippen molar-refractivity contribution < 1.29 is 9.90 Å². The maximum atomic E-state index is 10.5. The number of carboxylic acid groups (broad SMARTS) is 1. The SMILES string of the molecule is CC(CCC(=O)O)Nc1ccccc1N(C)C. The predicted octanol–water partition coefficient (Wildman–Crippen LogP) is 2.42. The van der Waals surface area contributed by atoms with Crippen molar-refractivity contribution >= 4 is 17.3 Å². The van der Waals surface area contributed by atoms with E-state index in [4.69, 9.17) is 5.11 Å². The van der Waals surface area contributed by atoms with Gasteiger partial charge in [-0.15, -0.1) is 0 Å². The minimum Gasteiger partial charge on any atom is -0.481 e. The second kappa shape index (κ2) is 6.13. The topological polar surface area (TPSA) is 52.6 Å². The predicted molar refractivity (Wildman–Crippen MR) is 70.7 cm³/mol. The number of para-hydroxylation sites is 2. The first-order valence-corrected chi connectivity index (χ1v) is 5.75. The van der Waals surface area contributed by atoms with Gasteiger partial charge in [0.2, 0.25) is 0 Å². The van der Waals surface area contributed by atoms with Crippen molar-refractivity contribution in [1.29, 1.82) is 0 Å². The summed E-state index contributed by atoms with van der Waals surface area (Å²) in [5.74, 6) is -0.750. The van der Waals surface area contributed by atoms with Crippen LogP contribution in [0.3, 0.4) is 0 Å². The van der Waals surface area contributed by atoms with Crippen molar-refractivity contribution in [3.63, 3.8) is 0 Å². The molecular weight excluding hydrogens is 216 g/mol. The standard InChI is InChI=1S/C13H20N2O2/c1-10(8-9-13(16)17)14-11-6-4-5-7-12(11)15(2)3/h4-7,10,14H,8-9H2,1-3H3,(H,16,17). The van der Waals surface area contributed by atoms with Crippen molar-refractivity contribution in [2.75, 3.05) is 24.3 Å². The van der Waals surface area contributed by atoms with Gasteiger partial charge in [0.25, 0.3) is 0 Å². The van der Waals surface area contributed by atoms with Gasteiger partial charge in [-0.25, -0.2) is 0 Å². The second-order valence-electron chi connectivity index (χ2n) is 4.39. The molecule has 1 unspecified atom stereocenters. The van der Waals surface area contributed by atoms with Crippen LogP contribution < -0.4 is 10.2 Å². The van der Waals surface area contributed by atoms with E-state index in [1.165, 1.54) is 0 Å². The molecule has 0 aromatic heterocycles. The maximum Gasteiger partial charge on any atom is 0.303 e. The smallest absolute Gasteiger partial charge is 0.303 e. The Kier molecular flexibility index (Phi) is 4.82. The van der Waals surface area contributed by atoms with E-state index >= 15 is 0 Å². The lowest BCUT2D eigenvalue weighted by molar-refractivity contribution is -0.137. The average Bonchev–Trinajstić information content (AvgIpc) is 2.27. The molecule has 0 fully saturated rings. The summed E-state index contributed by atoms with van der Waals surface area (Å²) >= 11 is 0. The van der Waals surface area contributed by atoms with Crippen LogP contribution in [0, 0.1) is 0 Å². The number of hydrogen-bond donors (Lipinski definition) is 2. The van der Waals surface area contributed by atoms with Crippen molar-refractivity contribution in [2.24, 2.45) is 0 Å². The number of aliphatic carboxylic acids is 1. The highest BCUT2D eigenvalue weighted by molar-refractivity contribution is 5.70. The minimum absolute atomic E-state index is 0.146. The molecule has 0 amide bonds. The summed E-state index contributed by atoms with van der Waals surface area (Å²) in [5, 5.41) is 12.0. The van der Waals surface area contributed by atoms with Crippen LogP contribution in [0.5, 0.6) is 0 Å². The Bertz CT molecular complexity index is 377. The molecule has 94 valence electrons. The lowest BCUT2D eigenvalue weighted by Crippen LogP contribution is -2.19. The first-order chi connectivity index (χ1) is 8.00. The molecule has 0 aliphatic rings. The van der Waals surface area contributed by atoms with Crippen molar-refractivity contribution in [2.45, 2.75) is 25.8 Å². The van der Waals surface area contributed by atoms with E-state index < -0.39 is 5.97 Å². The molecule has 1 rings (SSSR count). The molecule has 0 bridgehead atoms. The highest BCUT2D eigenvalue weighted by Gasteiger charge is 2.08. The number of nitrogens with zero attached hydrogens (tertiary/aromatic N) is 1. The largest absolute Gasteiger partial charge is 0.481 e. The summed E-state index contributed by atoms with van der Waals surface area (Å²) in [6.45, 7) is 2.00. The monoisotopic (exact) mass is 236 g/mol. The Morgan fingerprint density at radius 3 is 2.65 bits per heavy atom. The number of carbonyl (C=O) groups is 1. The fraction of sp³-hybridized carbons (Fsp3) is 0.462. The van der Waals surface area contributed by atoms with Gasteiger partial charge >= 0.3 is 5.97 Å². The Morgan fingerprint density at radius 2 is 2.06 bits per heavy atom. The normalized spacial score (nSPS) is 11.9. The molecule has 0 spiro atoms. The Balaban J connectivity index is 2.64. The molecule has 17 heavy (non-hydrogen) atoms. The Hall–Kier alpha value is -1.71. The fourth-order valence-corrected chi connectivity index (χ4v) is 1.66. The third kappa shape index (κ3) is 4.34. The third-order valence-corrected chi connectivity index (χ3v) is 2.58. The molecule has 0 saturated carbocycles. The van der Waals surface area contributed by atoms with E-state index in [1.54, 1.807) is 0 Å². The van der Waals surface area contributed by atoms with Gasteiger partial charge < -0.3 is 15.3 Å². The zero-order chi connectivity index (χ0) is 12.8. The van der Waals surface area contributed by atoms with Gasteiger partial charge in [0.1, 0.15) is 0 Å². The van der Waals surface area contributed by atoms with E-state index in [0.717, 1.165) is 11.4 Å². The molecule has 4 heteroatoms. The van der Waals surface area contributed by atoms with Crippen LogP contribution in [0.1, 0.15) is 19.8 Å². The number of anilines is 2. The molecule has 1 atom stereocenters. The first-order valence-electron chi connectivity index (χ1n) is 5.75. The Morgan fingerprint density at radius 1 is 1.41 bits per heavy atom. The van der Waals surface area contributed by atoms with E-state index in [2.05, 4.69) is 5.32 Å². The molecule has 0 aliphatic heterocycles. The number of hydrogen-bond acceptors (Lipinski definition) is 3. The van der Waals surface area contributed by atoms with Gasteiger partial charge in [0.05, 0.1) is 11.4 Å². The molecule has 0 saturated heterocycles. The van der Waals surface area contributed by atoms with Gasteiger partial charge in [0, 0.05) is 26.6 Å². The van der Waals surface area contributed by atoms with Crippen molar-refractivity contribution in [3.8, 4) is 0 Å². The molecule has 0 radical (unpaired) electrons.